The van der Waals surface area contributed by atoms with Gasteiger partial charge in [-0.2, -0.15) is 13.2 Å². The predicted molar refractivity (Wildman–Crippen MR) is 88.6 cm³/mol. The van der Waals surface area contributed by atoms with Crippen molar-refractivity contribution in [3.05, 3.63) is 52.2 Å². The van der Waals surface area contributed by atoms with Crippen LogP contribution in [0, 0.1) is 0 Å². The van der Waals surface area contributed by atoms with Crippen LogP contribution in [-0.4, -0.2) is 35.8 Å². The van der Waals surface area contributed by atoms with Gasteiger partial charge in [0.1, 0.15) is 6.04 Å². The van der Waals surface area contributed by atoms with Crippen molar-refractivity contribution in [1.82, 2.24) is 4.90 Å². The van der Waals surface area contributed by atoms with Crippen LogP contribution < -0.4 is 4.90 Å². The van der Waals surface area contributed by atoms with E-state index in [2.05, 4.69) is 0 Å². The fourth-order valence-electron chi connectivity index (χ4n) is 2.80. The minimum absolute atomic E-state index is 0.154. The number of carbonyl (C=O) groups excluding carboxylic acids is 2. The normalized spacial score (nSPS) is 18.6. The maximum Gasteiger partial charge on any atom is 0.416 e. The first-order valence-corrected chi connectivity index (χ1v) is 8.50. The van der Waals surface area contributed by atoms with Gasteiger partial charge in [-0.15, -0.1) is 11.3 Å². The Balaban J connectivity index is 1.82. The standard InChI is InChI=1S/C17H15F3N2O2S/c1-11-15(23)22(13-5-2-4-12(10-13)17(18,19)20)8-7-21(11)16(24)14-6-3-9-25-14/h2-6,9-11H,7-8H2,1H3. The first-order chi connectivity index (χ1) is 11.8. The Morgan fingerprint density at radius 2 is 1.96 bits per heavy atom. The molecule has 0 radical (unpaired) electrons. The Bertz CT molecular complexity index is 789. The molecule has 1 unspecified atom stereocenters. The highest BCUT2D eigenvalue weighted by Gasteiger charge is 2.37. The molecule has 2 aromatic rings. The molecule has 0 aliphatic carbocycles. The molecule has 1 saturated heterocycles. The second-order valence-electron chi connectivity index (χ2n) is 5.69. The topological polar surface area (TPSA) is 40.6 Å². The summed E-state index contributed by atoms with van der Waals surface area (Å²) in [6, 6.07) is 7.37. The van der Waals surface area contributed by atoms with E-state index in [1.165, 1.54) is 33.3 Å². The summed E-state index contributed by atoms with van der Waals surface area (Å²) in [7, 11) is 0. The van der Waals surface area contributed by atoms with Crippen molar-refractivity contribution < 1.29 is 22.8 Å². The van der Waals surface area contributed by atoms with Gasteiger partial charge in [0.15, 0.2) is 0 Å². The number of amides is 2. The molecule has 0 spiro atoms. The van der Waals surface area contributed by atoms with Crippen LogP contribution in [0.15, 0.2) is 41.8 Å². The molecule has 132 valence electrons. The maximum atomic E-state index is 12.9. The summed E-state index contributed by atoms with van der Waals surface area (Å²) in [6.07, 6.45) is -4.47. The molecule has 0 saturated carbocycles. The smallest absolute Gasteiger partial charge is 0.324 e. The van der Waals surface area contributed by atoms with E-state index in [4.69, 9.17) is 0 Å². The molecule has 3 rings (SSSR count). The van der Waals surface area contributed by atoms with Crippen LogP contribution in [0.3, 0.4) is 0 Å². The molecule has 2 amide bonds. The van der Waals surface area contributed by atoms with Gasteiger partial charge in [-0.25, -0.2) is 0 Å². The van der Waals surface area contributed by atoms with Crippen LogP contribution in [0.2, 0.25) is 0 Å². The highest BCUT2D eigenvalue weighted by molar-refractivity contribution is 7.12. The average Bonchev–Trinajstić information content (AvgIpc) is 3.10. The van der Waals surface area contributed by atoms with E-state index in [9.17, 15) is 22.8 Å². The fraction of sp³-hybridized carbons (Fsp3) is 0.294. The minimum Gasteiger partial charge on any atom is -0.324 e. The van der Waals surface area contributed by atoms with Gasteiger partial charge in [-0.3, -0.25) is 9.59 Å². The van der Waals surface area contributed by atoms with Crippen molar-refractivity contribution in [1.29, 1.82) is 0 Å². The molecule has 25 heavy (non-hydrogen) atoms. The van der Waals surface area contributed by atoms with Crippen molar-refractivity contribution in [3.63, 3.8) is 0 Å². The molecule has 8 heteroatoms. The lowest BCUT2D eigenvalue weighted by atomic mass is 10.1. The number of benzene rings is 1. The number of hydrogen-bond acceptors (Lipinski definition) is 3. The third-order valence-electron chi connectivity index (χ3n) is 4.13. The summed E-state index contributed by atoms with van der Waals surface area (Å²) in [5.41, 5.74) is -0.613. The summed E-state index contributed by atoms with van der Waals surface area (Å²) < 4.78 is 38.6. The molecule has 1 aliphatic rings. The maximum absolute atomic E-state index is 12.9. The molecule has 1 aliphatic heterocycles. The number of halogens is 3. The van der Waals surface area contributed by atoms with E-state index in [1.54, 1.807) is 24.4 Å². The monoisotopic (exact) mass is 368 g/mol. The Morgan fingerprint density at radius 1 is 1.20 bits per heavy atom. The van der Waals surface area contributed by atoms with Crippen molar-refractivity contribution in [2.24, 2.45) is 0 Å². The van der Waals surface area contributed by atoms with Gasteiger partial charge in [0.25, 0.3) is 5.91 Å². The van der Waals surface area contributed by atoms with Gasteiger partial charge >= 0.3 is 6.18 Å². The lowest BCUT2D eigenvalue weighted by Crippen LogP contribution is -2.57. The lowest BCUT2D eigenvalue weighted by Gasteiger charge is -2.39. The molecule has 1 fully saturated rings. The number of rotatable bonds is 2. The van der Waals surface area contributed by atoms with Crippen LogP contribution in [0.5, 0.6) is 0 Å². The van der Waals surface area contributed by atoms with E-state index in [1.807, 2.05) is 0 Å². The van der Waals surface area contributed by atoms with E-state index < -0.39 is 23.7 Å². The molecule has 1 atom stereocenters. The van der Waals surface area contributed by atoms with Gasteiger partial charge in [-0.1, -0.05) is 12.1 Å². The highest BCUT2D eigenvalue weighted by atomic mass is 32.1. The second-order valence-corrected chi connectivity index (χ2v) is 6.64. The minimum atomic E-state index is -4.47. The first-order valence-electron chi connectivity index (χ1n) is 7.62. The Labute approximate surface area is 146 Å². The molecule has 4 nitrogen and oxygen atoms in total. The van der Waals surface area contributed by atoms with Crippen molar-refractivity contribution in [2.45, 2.75) is 19.1 Å². The van der Waals surface area contributed by atoms with E-state index in [0.717, 1.165) is 12.1 Å². The fourth-order valence-corrected chi connectivity index (χ4v) is 3.48. The predicted octanol–water partition coefficient (Wildman–Crippen LogP) is 3.64. The van der Waals surface area contributed by atoms with Gasteiger partial charge in [-0.05, 0) is 36.6 Å². The summed E-state index contributed by atoms with van der Waals surface area (Å²) in [6.45, 7) is 2.01. The third-order valence-corrected chi connectivity index (χ3v) is 4.99. The molecule has 0 N–H and O–H groups in total. The van der Waals surface area contributed by atoms with Gasteiger partial charge in [0.2, 0.25) is 5.91 Å². The van der Waals surface area contributed by atoms with E-state index in [0.29, 0.717) is 4.88 Å². The van der Waals surface area contributed by atoms with Crippen LogP contribution in [0.4, 0.5) is 18.9 Å². The highest BCUT2D eigenvalue weighted by Crippen LogP contribution is 2.32. The summed E-state index contributed by atoms with van der Waals surface area (Å²) >= 11 is 1.29. The summed E-state index contributed by atoms with van der Waals surface area (Å²) in [5, 5.41) is 1.78. The molecule has 0 bridgehead atoms. The first kappa shape index (κ1) is 17.5. The van der Waals surface area contributed by atoms with Crippen molar-refractivity contribution in [3.8, 4) is 0 Å². The van der Waals surface area contributed by atoms with Crippen LogP contribution >= 0.6 is 11.3 Å². The van der Waals surface area contributed by atoms with E-state index >= 15 is 0 Å². The third kappa shape index (κ3) is 3.39. The van der Waals surface area contributed by atoms with Gasteiger partial charge < -0.3 is 9.80 Å². The molecule has 2 heterocycles. The lowest BCUT2D eigenvalue weighted by molar-refractivity contribution is -0.137. The number of anilines is 1. The largest absolute Gasteiger partial charge is 0.416 e. The van der Waals surface area contributed by atoms with Gasteiger partial charge in [0, 0.05) is 18.8 Å². The number of alkyl halides is 3. The van der Waals surface area contributed by atoms with Gasteiger partial charge in [0.05, 0.1) is 10.4 Å². The zero-order valence-electron chi connectivity index (χ0n) is 13.3. The molecular weight excluding hydrogens is 353 g/mol. The number of thiophene rings is 1. The molecular formula is C17H15F3N2O2S. The quantitative estimate of drug-likeness (QED) is 0.812. The Hall–Kier alpha value is -2.35. The van der Waals surface area contributed by atoms with Crippen LogP contribution in [0.1, 0.15) is 22.2 Å². The second kappa shape index (κ2) is 6.51. The number of carbonyl (C=O) groups is 2. The molecule has 1 aromatic heterocycles. The zero-order valence-corrected chi connectivity index (χ0v) is 14.1. The van der Waals surface area contributed by atoms with Crippen molar-refractivity contribution >= 4 is 28.8 Å². The van der Waals surface area contributed by atoms with Crippen molar-refractivity contribution in [2.75, 3.05) is 18.0 Å². The Morgan fingerprint density at radius 3 is 2.60 bits per heavy atom. The number of hydrogen-bond donors (Lipinski definition) is 0. The van der Waals surface area contributed by atoms with Crippen LogP contribution in [-0.2, 0) is 11.0 Å². The summed E-state index contributed by atoms with van der Waals surface area (Å²) in [5.74, 6) is -0.630. The van der Waals surface area contributed by atoms with Crippen LogP contribution in [0.25, 0.3) is 0 Å². The summed E-state index contributed by atoms with van der Waals surface area (Å²) in [4.78, 5) is 28.4. The molecule has 1 aromatic carbocycles. The Kier molecular flexibility index (Phi) is 4.55. The zero-order chi connectivity index (χ0) is 18.2. The number of piperazine rings is 1. The number of nitrogens with zero attached hydrogens (tertiary/aromatic N) is 2. The van der Waals surface area contributed by atoms with E-state index in [-0.39, 0.29) is 24.7 Å². The SMILES string of the molecule is CC1C(=O)N(c2cccc(C(F)(F)F)c2)CCN1C(=O)c1cccs1. The average molecular weight is 368 g/mol.